The number of carbonyl (C=O) groups excluding carboxylic acids is 2. The molecule has 0 saturated carbocycles. The standard InChI is InChI=1S/C15H32N2O4.C11H24N2O3/c1-5-13(19)8-16(9-14(20)6-2)11-17(12(4)18)10-15(21)7-3;1-4-10(15)6-12-8-13(9(3)14)7-11(16)5-2/h13-15,19-21H,5-11H2,1-4H3;10-12,15-16H,4-8H2,1-3H3. The number of aliphatic hydroxyl groups excluding tert-OH is 5. The van der Waals surface area contributed by atoms with Gasteiger partial charge in [0.2, 0.25) is 11.8 Å². The van der Waals surface area contributed by atoms with Crippen molar-refractivity contribution in [1.82, 2.24) is 20.0 Å². The van der Waals surface area contributed by atoms with E-state index in [2.05, 4.69) is 5.32 Å². The van der Waals surface area contributed by atoms with Crippen LogP contribution in [0.15, 0.2) is 0 Å². The van der Waals surface area contributed by atoms with Crippen molar-refractivity contribution in [3.63, 3.8) is 0 Å². The summed E-state index contributed by atoms with van der Waals surface area (Å²) in [5.41, 5.74) is 0. The maximum Gasteiger partial charge on any atom is 0.220 e. The molecule has 0 saturated heterocycles. The molecule has 0 heterocycles. The Morgan fingerprint density at radius 1 is 0.595 bits per heavy atom. The molecule has 0 spiro atoms. The molecule has 0 aromatic rings. The number of nitrogens with one attached hydrogen (secondary N) is 1. The van der Waals surface area contributed by atoms with Gasteiger partial charge in [-0.25, -0.2) is 0 Å². The maximum absolute atomic E-state index is 11.7. The zero-order chi connectivity index (χ0) is 29.0. The van der Waals surface area contributed by atoms with E-state index >= 15 is 0 Å². The van der Waals surface area contributed by atoms with Crippen molar-refractivity contribution in [3.05, 3.63) is 0 Å². The van der Waals surface area contributed by atoms with Crippen molar-refractivity contribution in [2.75, 3.05) is 46.1 Å². The van der Waals surface area contributed by atoms with Crippen LogP contribution in [-0.2, 0) is 9.59 Å². The van der Waals surface area contributed by atoms with Crippen molar-refractivity contribution in [2.45, 2.75) is 111 Å². The van der Waals surface area contributed by atoms with Gasteiger partial charge in [0.15, 0.2) is 0 Å². The van der Waals surface area contributed by atoms with Crippen molar-refractivity contribution >= 4 is 11.8 Å². The fourth-order valence-corrected chi connectivity index (χ4v) is 3.15. The Hall–Kier alpha value is -1.34. The molecule has 0 aromatic heterocycles. The Balaban J connectivity index is 0. The number of amides is 2. The van der Waals surface area contributed by atoms with Crippen LogP contribution < -0.4 is 5.32 Å². The Bertz CT molecular complexity index is 573. The first-order valence-corrected chi connectivity index (χ1v) is 13.7. The Kier molecular flexibility index (Phi) is 23.1. The third-order valence-electron chi connectivity index (χ3n) is 6.10. The van der Waals surface area contributed by atoms with Crippen LogP contribution >= 0.6 is 0 Å². The second-order valence-electron chi connectivity index (χ2n) is 9.58. The third-order valence-corrected chi connectivity index (χ3v) is 6.10. The average Bonchev–Trinajstić information content (AvgIpc) is 2.86. The first-order chi connectivity index (χ1) is 17.3. The molecule has 0 bridgehead atoms. The third kappa shape index (κ3) is 20.3. The molecule has 11 heteroatoms. The molecule has 5 unspecified atom stereocenters. The lowest BCUT2D eigenvalue weighted by molar-refractivity contribution is -0.133. The van der Waals surface area contributed by atoms with E-state index in [1.165, 1.54) is 18.7 Å². The quantitative estimate of drug-likeness (QED) is 0.128. The molecule has 6 N–H and O–H groups in total. The lowest BCUT2D eigenvalue weighted by Crippen LogP contribution is -2.48. The lowest BCUT2D eigenvalue weighted by atomic mass is 10.2. The van der Waals surface area contributed by atoms with Gasteiger partial charge in [0.05, 0.1) is 43.9 Å². The van der Waals surface area contributed by atoms with Crippen LogP contribution in [-0.4, -0.2) is 129 Å². The molecule has 0 aliphatic heterocycles. The van der Waals surface area contributed by atoms with Gasteiger partial charge in [-0.3, -0.25) is 19.8 Å². The molecule has 0 fully saturated rings. The summed E-state index contributed by atoms with van der Waals surface area (Å²) in [7, 11) is 0. The summed E-state index contributed by atoms with van der Waals surface area (Å²) in [5.74, 6) is -0.199. The second-order valence-corrected chi connectivity index (χ2v) is 9.58. The van der Waals surface area contributed by atoms with Crippen LogP contribution in [0.25, 0.3) is 0 Å². The Morgan fingerprint density at radius 2 is 0.946 bits per heavy atom. The van der Waals surface area contributed by atoms with E-state index in [1.807, 2.05) is 39.5 Å². The van der Waals surface area contributed by atoms with Gasteiger partial charge >= 0.3 is 0 Å². The van der Waals surface area contributed by atoms with Crippen LogP contribution in [0.2, 0.25) is 0 Å². The molecular formula is C26H56N4O7. The number of hydrogen-bond donors (Lipinski definition) is 6. The highest BCUT2D eigenvalue weighted by Crippen LogP contribution is 2.05. The van der Waals surface area contributed by atoms with Crippen molar-refractivity contribution in [2.24, 2.45) is 0 Å². The number of carbonyl (C=O) groups is 2. The number of nitrogens with zero attached hydrogens (tertiary/aromatic N) is 3. The molecule has 0 aliphatic rings. The molecule has 0 rings (SSSR count). The minimum absolute atomic E-state index is 0.0778. The van der Waals surface area contributed by atoms with Crippen LogP contribution in [0, 0.1) is 0 Å². The first kappa shape index (κ1) is 37.8. The van der Waals surface area contributed by atoms with Crippen LogP contribution in [0.4, 0.5) is 0 Å². The van der Waals surface area contributed by atoms with E-state index in [9.17, 15) is 35.1 Å². The molecule has 0 aliphatic carbocycles. The summed E-state index contributed by atoms with van der Waals surface area (Å²) >= 11 is 0. The Morgan fingerprint density at radius 3 is 1.30 bits per heavy atom. The number of hydrogen-bond acceptors (Lipinski definition) is 9. The van der Waals surface area contributed by atoms with Gasteiger partial charge in [0.25, 0.3) is 0 Å². The minimum Gasteiger partial charge on any atom is -0.392 e. The summed E-state index contributed by atoms with van der Waals surface area (Å²) in [6.07, 6.45) is 0.741. The van der Waals surface area contributed by atoms with E-state index in [1.54, 1.807) is 4.90 Å². The van der Waals surface area contributed by atoms with Crippen LogP contribution in [0.1, 0.15) is 80.6 Å². The van der Waals surface area contributed by atoms with E-state index in [4.69, 9.17) is 0 Å². The normalized spacial score (nSPS) is 15.3. The van der Waals surface area contributed by atoms with Gasteiger partial charge in [0, 0.05) is 46.6 Å². The molecule has 11 nitrogen and oxygen atoms in total. The highest BCUT2D eigenvalue weighted by Gasteiger charge is 2.20. The van der Waals surface area contributed by atoms with Gasteiger partial charge in [-0.05, 0) is 32.1 Å². The zero-order valence-corrected chi connectivity index (χ0v) is 24.3. The van der Waals surface area contributed by atoms with E-state index in [-0.39, 0.29) is 24.5 Å². The van der Waals surface area contributed by atoms with Crippen LogP contribution in [0.5, 0.6) is 0 Å². The maximum atomic E-state index is 11.7. The van der Waals surface area contributed by atoms with Crippen molar-refractivity contribution < 1.29 is 35.1 Å². The first-order valence-electron chi connectivity index (χ1n) is 13.7. The monoisotopic (exact) mass is 536 g/mol. The highest BCUT2D eigenvalue weighted by atomic mass is 16.3. The summed E-state index contributed by atoms with van der Waals surface area (Å²) < 4.78 is 0. The molecular weight excluding hydrogens is 480 g/mol. The summed E-state index contributed by atoms with van der Waals surface area (Å²) in [4.78, 5) is 27.9. The van der Waals surface area contributed by atoms with E-state index in [0.717, 1.165) is 0 Å². The van der Waals surface area contributed by atoms with Gasteiger partial charge in [-0.1, -0.05) is 34.6 Å². The minimum atomic E-state index is -0.553. The van der Waals surface area contributed by atoms with Crippen LogP contribution in [0.3, 0.4) is 0 Å². The fraction of sp³-hybridized carbons (Fsp3) is 0.923. The topological polar surface area (TPSA) is 157 Å². The largest absolute Gasteiger partial charge is 0.392 e. The predicted molar refractivity (Wildman–Crippen MR) is 146 cm³/mol. The van der Waals surface area contributed by atoms with Gasteiger partial charge in [0.1, 0.15) is 0 Å². The Labute approximate surface area is 224 Å². The summed E-state index contributed by atoms with van der Waals surface area (Å²) in [6.45, 7) is 14.9. The van der Waals surface area contributed by atoms with Gasteiger partial charge in [-0.2, -0.15) is 0 Å². The highest BCUT2D eigenvalue weighted by molar-refractivity contribution is 5.73. The van der Waals surface area contributed by atoms with Crippen molar-refractivity contribution in [3.8, 4) is 0 Å². The molecule has 0 radical (unpaired) electrons. The van der Waals surface area contributed by atoms with E-state index < -0.39 is 24.4 Å². The smallest absolute Gasteiger partial charge is 0.220 e. The second kappa shape index (κ2) is 22.6. The number of aliphatic hydroxyl groups is 5. The molecule has 0 aromatic carbocycles. The lowest BCUT2D eigenvalue weighted by Gasteiger charge is -2.33. The average molecular weight is 537 g/mol. The van der Waals surface area contributed by atoms with Gasteiger partial charge < -0.3 is 35.3 Å². The van der Waals surface area contributed by atoms with Gasteiger partial charge in [-0.15, -0.1) is 0 Å². The van der Waals surface area contributed by atoms with Crippen molar-refractivity contribution in [1.29, 1.82) is 0 Å². The fourth-order valence-electron chi connectivity index (χ4n) is 3.15. The summed E-state index contributed by atoms with van der Waals surface area (Å²) in [5, 5.41) is 51.1. The SMILES string of the molecule is CCC(O)CN(CC(O)CC)CN(CC(O)CC)C(C)=O.CCC(O)CNCN(CC(O)CC)C(C)=O. The van der Waals surface area contributed by atoms with E-state index in [0.29, 0.717) is 71.6 Å². The zero-order valence-electron chi connectivity index (χ0n) is 24.3. The molecule has 37 heavy (non-hydrogen) atoms. The summed E-state index contributed by atoms with van der Waals surface area (Å²) in [6, 6.07) is 0. The molecule has 2 amide bonds. The molecule has 5 atom stereocenters. The predicted octanol–water partition coefficient (Wildman–Crippen LogP) is 0.331. The molecule has 222 valence electrons. The number of rotatable bonds is 19.